The van der Waals surface area contributed by atoms with Gasteiger partial charge in [0.05, 0.1) is 11.6 Å². The third-order valence-electron chi connectivity index (χ3n) is 3.31. The van der Waals surface area contributed by atoms with E-state index in [9.17, 15) is 0 Å². The normalized spacial score (nSPS) is 12.1. The molecule has 5 heteroatoms. The van der Waals surface area contributed by atoms with E-state index in [1.807, 2.05) is 18.2 Å². The zero-order valence-electron chi connectivity index (χ0n) is 12.3. The molecule has 1 aromatic carbocycles. The van der Waals surface area contributed by atoms with Gasteiger partial charge in [0.25, 0.3) is 0 Å². The molecule has 0 saturated heterocycles. The van der Waals surface area contributed by atoms with Gasteiger partial charge in [-0.05, 0) is 64.3 Å². The molecule has 0 aliphatic rings. The van der Waals surface area contributed by atoms with Gasteiger partial charge in [0.1, 0.15) is 11.6 Å². The number of aromatic nitrogens is 1. The number of halogens is 1. The molecule has 1 atom stereocenters. The number of anilines is 1. The second-order valence-electron chi connectivity index (χ2n) is 4.80. The lowest BCUT2D eigenvalue weighted by Crippen LogP contribution is -2.23. The molecular weight excluding hydrogens is 330 g/mol. The number of nitrogen functional groups attached to an aromatic ring is 1. The van der Waals surface area contributed by atoms with Crippen molar-refractivity contribution in [2.75, 3.05) is 19.4 Å². The summed E-state index contributed by atoms with van der Waals surface area (Å²) in [4.78, 5) is 4.04. The molecule has 0 fully saturated rings. The van der Waals surface area contributed by atoms with E-state index in [4.69, 9.17) is 10.5 Å². The number of nitrogens with two attached hydrogens (primary N) is 1. The number of nitrogens with zero attached hydrogens (tertiary/aromatic N) is 1. The molecule has 112 valence electrons. The van der Waals surface area contributed by atoms with Crippen LogP contribution in [0.25, 0.3) is 0 Å². The van der Waals surface area contributed by atoms with Gasteiger partial charge >= 0.3 is 0 Å². The largest absolute Gasteiger partial charge is 0.496 e. The first-order valence-corrected chi connectivity index (χ1v) is 7.70. The van der Waals surface area contributed by atoms with Crippen LogP contribution in [0.4, 0.5) is 5.82 Å². The lowest BCUT2D eigenvalue weighted by molar-refractivity contribution is 0.411. The van der Waals surface area contributed by atoms with Crippen LogP contribution in [0.3, 0.4) is 0 Å². The van der Waals surface area contributed by atoms with Crippen LogP contribution in [0.2, 0.25) is 0 Å². The Labute approximate surface area is 133 Å². The SMILES string of the molecule is CCNC(Cc1ccnc(N)c1)c1ccc(OC)c(Br)c1. The molecule has 1 aromatic heterocycles. The van der Waals surface area contributed by atoms with Gasteiger partial charge in [-0.1, -0.05) is 13.0 Å². The molecule has 2 aromatic rings. The van der Waals surface area contributed by atoms with Crippen molar-refractivity contribution in [3.05, 3.63) is 52.1 Å². The zero-order chi connectivity index (χ0) is 15.2. The van der Waals surface area contributed by atoms with Crippen LogP contribution in [0, 0.1) is 0 Å². The minimum absolute atomic E-state index is 0.221. The monoisotopic (exact) mass is 349 g/mol. The highest BCUT2D eigenvalue weighted by Crippen LogP contribution is 2.29. The van der Waals surface area contributed by atoms with Gasteiger partial charge in [-0.3, -0.25) is 0 Å². The van der Waals surface area contributed by atoms with Gasteiger partial charge in [-0.2, -0.15) is 0 Å². The van der Waals surface area contributed by atoms with Gasteiger partial charge in [0.15, 0.2) is 0 Å². The molecule has 0 aliphatic heterocycles. The van der Waals surface area contributed by atoms with E-state index in [-0.39, 0.29) is 6.04 Å². The van der Waals surface area contributed by atoms with Crippen LogP contribution >= 0.6 is 15.9 Å². The van der Waals surface area contributed by atoms with Crippen molar-refractivity contribution in [3.8, 4) is 5.75 Å². The standard InChI is InChI=1S/C16H20BrN3O/c1-3-19-14(8-11-6-7-20-16(18)9-11)12-4-5-15(21-2)13(17)10-12/h4-7,9-10,14,19H,3,8H2,1-2H3,(H2,18,20). The van der Waals surface area contributed by atoms with E-state index in [0.717, 1.165) is 23.2 Å². The van der Waals surface area contributed by atoms with Gasteiger partial charge in [-0.25, -0.2) is 4.98 Å². The summed E-state index contributed by atoms with van der Waals surface area (Å²) in [5.41, 5.74) is 8.13. The Morgan fingerprint density at radius 2 is 2.14 bits per heavy atom. The number of methoxy groups -OCH3 is 1. The van der Waals surface area contributed by atoms with Crippen molar-refractivity contribution in [3.63, 3.8) is 0 Å². The number of ether oxygens (including phenoxy) is 1. The summed E-state index contributed by atoms with van der Waals surface area (Å²) < 4.78 is 6.24. The molecule has 0 radical (unpaired) electrons. The van der Waals surface area contributed by atoms with Gasteiger partial charge in [0.2, 0.25) is 0 Å². The number of nitrogens with one attached hydrogen (secondary N) is 1. The minimum Gasteiger partial charge on any atom is -0.496 e. The Morgan fingerprint density at radius 3 is 2.76 bits per heavy atom. The number of pyridine rings is 1. The molecular formula is C16H20BrN3O. The number of rotatable bonds is 6. The first-order valence-electron chi connectivity index (χ1n) is 6.91. The maximum Gasteiger partial charge on any atom is 0.133 e. The minimum atomic E-state index is 0.221. The number of hydrogen-bond donors (Lipinski definition) is 2. The van der Waals surface area contributed by atoms with E-state index < -0.39 is 0 Å². The summed E-state index contributed by atoms with van der Waals surface area (Å²) in [6.45, 7) is 3.00. The second kappa shape index (κ2) is 7.43. The summed E-state index contributed by atoms with van der Waals surface area (Å²) >= 11 is 3.54. The molecule has 0 spiro atoms. The molecule has 0 aliphatic carbocycles. The molecule has 1 unspecified atom stereocenters. The fourth-order valence-corrected chi connectivity index (χ4v) is 2.87. The predicted molar refractivity (Wildman–Crippen MR) is 89.5 cm³/mol. The highest BCUT2D eigenvalue weighted by Gasteiger charge is 2.13. The summed E-state index contributed by atoms with van der Waals surface area (Å²) in [6.07, 6.45) is 2.61. The Morgan fingerprint density at radius 1 is 1.33 bits per heavy atom. The van der Waals surface area contributed by atoms with Gasteiger partial charge < -0.3 is 15.8 Å². The quantitative estimate of drug-likeness (QED) is 0.839. The molecule has 0 saturated carbocycles. The highest BCUT2D eigenvalue weighted by atomic mass is 79.9. The average Bonchev–Trinajstić information content (AvgIpc) is 2.47. The van der Waals surface area contributed by atoms with E-state index in [0.29, 0.717) is 5.82 Å². The lowest BCUT2D eigenvalue weighted by Gasteiger charge is -2.19. The average molecular weight is 350 g/mol. The summed E-state index contributed by atoms with van der Waals surface area (Å²) in [5.74, 6) is 1.39. The number of hydrogen-bond acceptors (Lipinski definition) is 4. The third-order valence-corrected chi connectivity index (χ3v) is 3.93. The predicted octanol–water partition coefficient (Wildman–Crippen LogP) is 3.33. The maximum atomic E-state index is 5.75. The van der Waals surface area contributed by atoms with Crippen molar-refractivity contribution in [2.24, 2.45) is 0 Å². The lowest BCUT2D eigenvalue weighted by atomic mass is 9.99. The smallest absolute Gasteiger partial charge is 0.133 e. The fraction of sp³-hybridized carbons (Fsp3) is 0.312. The van der Waals surface area contributed by atoms with Crippen molar-refractivity contribution < 1.29 is 4.74 Å². The number of likely N-dealkylation sites (N-methyl/N-ethyl adjacent to an activating group) is 1. The van der Waals surface area contributed by atoms with E-state index >= 15 is 0 Å². The van der Waals surface area contributed by atoms with Crippen LogP contribution < -0.4 is 15.8 Å². The van der Waals surface area contributed by atoms with Crippen LogP contribution in [0.5, 0.6) is 5.75 Å². The van der Waals surface area contributed by atoms with Gasteiger partial charge in [0, 0.05) is 12.2 Å². The number of benzene rings is 1. The van der Waals surface area contributed by atoms with Crippen LogP contribution in [-0.2, 0) is 6.42 Å². The molecule has 21 heavy (non-hydrogen) atoms. The van der Waals surface area contributed by atoms with Crippen LogP contribution in [-0.4, -0.2) is 18.6 Å². The Kier molecular flexibility index (Phi) is 5.59. The Balaban J connectivity index is 2.24. The first kappa shape index (κ1) is 15.8. The van der Waals surface area contributed by atoms with Crippen molar-refractivity contribution in [1.29, 1.82) is 0 Å². The highest BCUT2D eigenvalue weighted by molar-refractivity contribution is 9.10. The second-order valence-corrected chi connectivity index (χ2v) is 5.65. The Hall–Kier alpha value is -1.59. The maximum absolute atomic E-state index is 5.75. The summed E-state index contributed by atoms with van der Waals surface area (Å²) in [7, 11) is 1.67. The van der Waals surface area contributed by atoms with Crippen molar-refractivity contribution >= 4 is 21.7 Å². The fourth-order valence-electron chi connectivity index (χ4n) is 2.31. The van der Waals surface area contributed by atoms with Crippen LogP contribution in [0.1, 0.15) is 24.1 Å². The topological polar surface area (TPSA) is 60.2 Å². The summed E-state index contributed by atoms with van der Waals surface area (Å²) in [5, 5.41) is 3.51. The Bertz CT molecular complexity index is 604. The van der Waals surface area contributed by atoms with Crippen LogP contribution in [0.15, 0.2) is 41.0 Å². The molecule has 0 bridgehead atoms. The van der Waals surface area contributed by atoms with Gasteiger partial charge in [-0.15, -0.1) is 0 Å². The van der Waals surface area contributed by atoms with Crippen molar-refractivity contribution in [2.45, 2.75) is 19.4 Å². The molecule has 0 amide bonds. The molecule has 2 rings (SSSR count). The summed E-state index contributed by atoms with van der Waals surface area (Å²) in [6, 6.07) is 10.3. The first-order chi connectivity index (χ1) is 10.1. The molecule has 1 heterocycles. The molecule has 3 N–H and O–H groups in total. The van der Waals surface area contributed by atoms with E-state index in [1.165, 1.54) is 11.1 Å². The molecule has 4 nitrogen and oxygen atoms in total. The van der Waals surface area contributed by atoms with E-state index in [2.05, 4.69) is 45.3 Å². The van der Waals surface area contributed by atoms with Crippen molar-refractivity contribution in [1.82, 2.24) is 10.3 Å². The van der Waals surface area contributed by atoms with E-state index in [1.54, 1.807) is 13.3 Å². The third kappa shape index (κ3) is 4.19. The zero-order valence-corrected chi connectivity index (χ0v) is 13.9.